The van der Waals surface area contributed by atoms with Crippen LogP contribution in [0.3, 0.4) is 0 Å². The third-order valence-electron chi connectivity index (χ3n) is 1.90. The molecule has 0 saturated carbocycles. The summed E-state index contributed by atoms with van der Waals surface area (Å²) in [5, 5.41) is 0. The molecule has 0 aliphatic carbocycles. The van der Waals surface area contributed by atoms with E-state index in [-0.39, 0.29) is 0 Å². The minimum atomic E-state index is 0.966. The average Bonchev–Trinajstić information content (AvgIpc) is 2.20. The Hall–Kier alpha value is -1.21. The summed E-state index contributed by atoms with van der Waals surface area (Å²) in [6.07, 6.45) is 0. The largest absolute Gasteiger partial charge is 0.143 e. The van der Waals surface area contributed by atoms with Crippen LogP contribution in [0.5, 0.6) is 0 Å². The van der Waals surface area contributed by atoms with Crippen LogP contribution < -0.4 is 0 Å². The SMILES string of the molecule is Sc1ccc[c]c1-c1ccccc1. The van der Waals surface area contributed by atoms with Crippen molar-refractivity contribution in [2.75, 3.05) is 0 Å². The summed E-state index contributed by atoms with van der Waals surface area (Å²) in [6.45, 7) is 0. The third-order valence-corrected chi connectivity index (χ3v) is 2.27. The topological polar surface area (TPSA) is 0 Å². The molecule has 0 saturated heterocycles. The summed E-state index contributed by atoms with van der Waals surface area (Å²) in [7, 11) is 0. The molecular formula is C12H9S. The van der Waals surface area contributed by atoms with Gasteiger partial charge in [0.05, 0.1) is 0 Å². The van der Waals surface area contributed by atoms with E-state index in [1.165, 1.54) is 0 Å². The molecule has 0 atom stereocenters. The highest BCUT2D eigenvalue weighted by Gasteiger charge is 1.99. The fourth-order valence-corrected chi connectivity index (χ4v) is 1.54. The van der Waals surface area contributed by atoms with Crippen LogP contribution in [0.4, 0.5) is 0 Å². The van der Waals surface area contributed by atoms with Crippen molar-refractivity contribution in [3.8, 4) is 11.1 Å². The average molecular weight is 185 g/mol. The van der Waals surface area contributed by atoms with Crippen molar-refractivity contribution in [1.82, 2.24) is 0 Å². The molecule has 0 nitrogen and oxygen atoms in total. The Morgan fingerprint density at radius 2 is 1.69 bits per heavy atom. The molecule has 13 heavy (non-hydrogen) atoms. The zero-order valence-corrected chi connectivity index (χ0v) is 7.96. The number of thiol groups is 1. The summed E-state index contributed by atoms with van der Waals surface area (Å²) in [6, 6.07) is 19.2. The minimum absolute atomic E-state index is 0.966. The predicted octanol–water partition coefficient (Wildman–Crippen LogP) is 3.44. The lowest BCUT2D eigenvalue weighted by molar-refractivity contribution is 1.45. The molecule has 0 unspecified atom stereocenters. The highest BCUT2D eigenvalue weighted by molar-refractivity contribution is 7.80. The lowest BCUT2D eigenvalue weighted by Gasteiger charge is -2.02. The number of rotatable bonds is 1. The van der Waals surface area contributed by atoms with Gasteiger partial charge in [-0.05, 0) is 17.7 Å². The molecule has 0 aliphatic rings. The zero-order chi connectivity index (χ0) is 9.10. The molecule has 0 aromatic heterocycles. The highest BCUT2D eigenvalue weighted by Crippen LogP contribution is 2.24. The van der Waals surface area contributed by atoms with Crippen LogP contribution in [-0.4, -0.2) is 0 Å². The Kier molecular flexibility index (Phi) is 2.37. The number of benzene rings is 2. The van der Waals surface area contributed by atoms with Crippen molar-refractivity contribution in [3.05, 3.63) is 54.6 Å². The van der Waals surface area contributed by atoms with E-state index >= 15 is 0 Å². The molecular weight excluding hydrogens is 176 g/mol. The number of hydrogen-bond acceptors (Lipinski definition) is 1. The van der Waals surface area contributed by atoms with Crippen LogP contribution in [0.25, 0.3) is 11.1 Å². The first kappa shape index (κ1) is 8.39. The van der Waals surface area contributed by atoms with Crippen LogP contribution in [0, 0.1) is 6.07 Å². The molecule has 0 spiro atoms. The molecule has 2 rings (SSSR count). The molecule has 0 amide bonds. The normalized spacial score (nSPS) is 9.92. The van der Waals surface area contributed by atoms with E-state index in [1.54, 1.807) is 0 Å². The van der Waals surface area contributed by atoms with Gasteiger partial charge in [0.15, 0.2) is 0 Å². The molecule has 0 heterocycles. The molecule has 2 aromatic carbocycles. The Bertz CT molecular complexity index is 393. The highest BCUT2D eigenvalue weighted by atomic mass is 32.1. The molecule has 0 bridgehead atoms. The summed E-state index contributed by atoms with van der Waals surface area (Å²) < 4.78 is 0. The van der Waals surface area contributed by atoms with Crippen molar-refractivity contribution < 1.29 is 0 Å². The smallest absolute Gasteiger partial charge is 0.0125 e. The van der Waals surface area contributed by atoms with Gasteiger partial charge in [0.2, 0.25) is 0 Å². The van der Waals surface area contributed by atoms with Gasteiger partial charge in [0.25, 0.3) is 0 Å². The van der Waals surface area contributed by atoms with Gasteiger partial charge in [0.1, 0.15) is 0 Å². The van der Waals surface area contributed by atoms with Gasteiger partial charge in [-0.1, -0.05) is 42.5 Å². The van der Waals surface area contributed by atoms with Gasteiger partial charge in [-0.25, -0.2) is 0 Å². The van der Waals surface area contributed by atoms with Crippen molar-refractivity contribution in [2.45, 2.75) is 4.90 Å². The maximum absolute atomic E-state index is 4.38. The predicted molar refractivity (Wildman–Crippen MR) is 58.0 cm³/mol. The van der Waals surface area contributed by atoms with Crippen molar-refractivity contribution in [2.24, 2.45) is 0 Å². The monoisotopic (exact) mass is 185 g/mol. The Morgan fingerprint density at radius 3 is 2.38 bits per heavy atom. The quantitative estimate of drug-likeness (QED) is 0.646. The van der Waals surface area contributed by atoms with Crippen molar-refractivity contribution in [3.63, 3.8) is 0 Å². The van der Waals surface area contributed by atoms with Crippen LogP contribution >= 0.6 is 12.6 Å². The van der Waals surface area contributed by atoms with Gasteiger partial charge < -0.3 is 0 Å². The summed E-state index contributed by atoms with van der Waals surface area (Å²) in [4.78, 5) is 0.966. The van der Waals surface area contributed by atoms with Gasteiger partial charge in [0, 0.05) is 10.5 Å². The van der Waals surface area contributed by atoms with Gasteiger partial charge in [-0.2, -0.15) is 0 Å². The van der Waals surface area contributed by atoms with Crippen LogP contribution in [0.15, 0.2) is 53.4 Å². The second-order valence-electron chi connectivity index (χ2n) is 2.80. The maximum Gasteiger partial charge on any atom is 0.0125 e. The van der Waals surface area contributed by atoms with E-state index in [2.05, 4.69) is 30.8 Å². The fraction of sp³-hybridized carbons (Fsp3) is 0. The van der Waals surface area contributed by atoms with E-state index in [4.69, 9.17) is 0 Å². The number of hydrogen-bond donors (Lipinski definition) is 1. The van der Waals surface area contributed by atoms with Crippen LogP contribution in [-0.2, 0) is 0 Å². The summed E-state index contributed by atoms with van der Waals surface area (Å²) in [5.41, 5.74) is 2.22. The minimum Gasteiger partial charge on any atom is -0.143 e. The van der Waals surface area contributed by atoms with E-state index in [0.29, 0.717) is 0 Å². The van der Waals surface area contributed by atoms with Crippen LogP contribution in [0.1, 0.15) is 0 Å². The first-order valence-corrected chi connectivity index (χ1v) is 4.58. The third kappa shape index (κ3) is 1.76. The first-order chi connectivity index (χ1) is 6.38. The van der Waals surface area contributed by atoms with Gasteiger partial charge in [-0.3, -0.25) is 0 Å². The fourth-order valence-electron chi connectivity index (χ4n) is 1.26. The Labute approximate surface area is 83.6 Å². The second kappa shape index (κ2) is 3.67. The lowest BCUT2D eigenvalue weighted by Crippen LogP contribution is -1.78. The van der Waals surface area contributed by atoms with Crippen molar-refractivity contribution in [1.29, 1.82) is 0 Å². The standard InChI is InChI=1S/C12H9S/c13-12-9-5-4-8-11(12)10-6-2-1-3-7-10/h1-7,9,13H. The van der Waals surface area contributed by atoms with Gasteiger partial charge in [-0.15, -0.1) is 12.6 Å². The molecule has 1 heteroatoms. The molecule has 0 aliphatic heterocycles. The molecule has 2 aromatic rings. The van der Waals surface area contributed by atoms with Gasteiger partial charge >= 0.3 is 0 Å². The van der Waals surface area contributed by atoms with E-state index in [0.717, 1.165) is 16.0 Å². The van der Waals surface area contributed by atoms with E-state index < -0.39 is 0 Å². The summed E-state index contributed by atoms with van der Waals surface area (Å²) >= 11 is 4.38. The van der Waals surface area contributed by atoms with Crippen molar-refractivity contribution >= 4 is 12.6 Å². The van der Waals surface area contributed by atoms with Crippen LogP contribution in [0.2, 0.25) is 0 Å². The second-order valence-corrected chi connectivity index (χ2v) is 3.28. The molecule has 0 N–H and O–H groups in total. The van der Waals surface area contributed by atoms with E-state index in [1.807, 2.05) is 36.4 Å². The molecule has 63 valence electrons. The summed E-state index contributed by atoms with van der Waals surface area (Å²) in [5.74, 6) is 0. The Morgan fingerprint density at radius 1 is 0.923 bits per heavy atom. The lowest BCUT2D eigenvalue weighted by atomic mass is 10.1. The van der Waals surface area contributed by atoms with E-state index in [9.17, 15) is 0 Å². The zero-order valence-electron chi connectivity index (χ0n) is 7.07. The molecule has 0 fully saturated rings. The maximum atomic E-state index is 4.38. The Balaban J connectivity index is 2.54. The first-order valence-electron chi connectivity index (χ1n) is 4.13. The molecule has 1 radical (unpaired) electrons.